The van der Waals surface area contributed by atoms with Crippen LogP contribution in [-0.4, -0.2) is 9.97 Å². The zero-order valence-electron chi connectivity index (χ0n) is 11.6. The van der Waals surface area contributed by atoms with Crippen molar-refractivity contribution in [3.63, 3.8) is 0 Å². The quantitative estimate of drug-likeness (QED) is 0.793. The number of anilines is 2. The van der Waals surface area contributed by atoms with Gasteiger partial charge < -0.3 is 11.1 Å². The second-order valence-electron chi connectivity index (χ2n) is 4.69. The minimum absolute atomic E-state index is 0.347. The highest BCUT2D eigenvalue weighted by Gasteiger charge is 2.05. The molecular weight excluding hydrogens is 266 g/mol. The second kappa shape index (κ2) is 7.01. The molecule has 0 spiro atoms. The smallest absolute Gasteiger partial charge is 0.140 e. The first kappa shape index (κ1) is 14.5. The molecule has 1 aromatic carbocycles. The zero-order chi connectivity index (χ0) is 14.4. The van der Waals surface area contributed by atoms with Gasteiger partial charge in [0.25, 0.3) is 0 Å². The van der Waals surface area contributed by atoms with Gasteiger partial charge in [0.05, 0.1) is 5.56 Å². The molecule has 3 N–H and O–H groups in total. The molecule has 3 nitrogen and oxygen atoms in total. The van der Waals surface area contributed by atoms with Crippen LogP contribution in [0.4, 0.5) is 11.5 Å². The first-order chi connectivity index (χ1) is 9.70. The highest BCUT2D eigenvalue weighted by Crippen LogP contribution is 2.19. The van der Waals surface area contributed by atoms with Gasteiger partial charge in [-0.25, -0.2) is 4.98 Å². The van der Waals surface area contributed by atoms with Crippen LogP contribution in [0.15, 0.2) is 42.6 Å². The first-order valence-corrected chi connectivity index (χ1v) is 7.22. The van der Waals surface area contributed by atoms with Crippen molar-refractivity contribution in [3.05, 3.63) is 53.7 Å². The molecule has 0 unspecified atom stereocenters. The number of aromatic nitrogens is 1. The Morgan fingerprint density at radius 2 is 2.00 bits per heavy atom. The summed E-state index contributed by atoms with van der Waals surface area (Å²) in [5, 5.41) is 3.26. The van der Waals surface area contributed by atoms with Gasteiger partial charge in [0.15, 0.2) is 0 Å². The molecule has 0 saturated heterocycles. The molecule has 0 aliphatic carbocycles. The predicted molar refractivity (Wildman–Crippen MR) is 88.5 cm³/mol. The highest BCUT2D eigenvalue weighted by molar-refractivity contribution is 7.80. The van der Waals surface area contributed by atoms with Crippen molar-refractivity contribution in [3.8, 4) is 0 Å². The Kier molecular flexibility index (Phi) is 5.07. The SMILES string of the molecule is CCCCc1ccc(Nc2ncccc2C(N)=S)cc1. The van der Waals surface area contributed by atoms with Crippen molar-refractivity contribution < 1.29 is 0 Å². The minimum Gasteiger partial charge on any atom is -0.389 e. The Labute approximate surface area is 125 Å². The lowest BCUT2D eigenvalue weighted by molar-refractivity contribution is 0.795. The third-order valence-corrected chi connectivity index (χ3v) is 3.33. The van der Waals surface area contributed by atoms with Gasteiger partial charge in [0.2, 0.25) is 0 Å². The fourth-order valence-electron chi connectivity index (χ4n) is 1.98. The Morgan fingerprint density at radius 3 is 2.65 bits per heavy atom. The van der Waals surface area contributed by atoms with Gasteiger partial charge >= 0.3 is 0 Å². The zero-order valence-corrected chi connectivity index (χ0v) is 12.4. The van der Waals surface area contributed by atoms with Gasteiger partial charge in [0.1, 0.15) is 10.8 Å². The number of hydrogen-bond donors (Lipinski definition) is 2. The van der Waals surface area contributed by atoms with Crippen molar-refractivity contribution in [2.24, 2.45) is 5.73 Å². The van der Waals surface area contributed by atoms with E-state index in [0.717, 1.165) is 17.7 Å². The van der Waals surface area contributed by atoms with E-state index >= 15 is 0 Å². The molecule has 0 saturated carbocycles. The van der Waals surface area contributed by atoms with Crippen molar-refractivity contribution in [2.45, 2.75) is 26.2 Å². The molecule has 0 fully saturated rings. The number of aryl methyl sites for hydroxylation is 1. The van der Waals surface area contributed by atoms with Crippen LogP contribution < -0.4 is 11.1 Å². The number of nitrogens with two attached hydrogens (primary N) is 1. The Hall–Kier alpha value is -1.94. The summed E-state index contributed by atoms with van der Waals surface area (Å²) in [6.45, 7) is 2.20. The Morgan fingerprint density at radius 1 is 1.25 bits per heavy atom. The van der Waals surface area contributed by atoms with Crippen molar-refractivity contribution in [2.75, 3.05) is 5.32 Å². The third kappa shape index (κ3) is 3.78. The van der Waals surface area contributed by atoms with Crippen LogP contribution in [0.5, 0.6) is 0 Å². The number of pyridine rings is 1. The van der Waals surface area contributed by atoms with Gasteiger partial charge in [-0.3, -0.25) is 0 Å². The average molecular weight is 285 g/mol. The molecule has 0 atom stereocenters. The molecule has 2 aromatic rings. The normalized spacial score (nSPS) is 10.2. The van der Waals surface area contributed by atoms with Crippen LogP contribution >= 0.6 is 12.2 Å². The van der Waals surface area contributed by atoms with Crippen LogP contribution in [0, 0.1) is 0 Å². The summed E-state index contributed by atoms with van der Waals surface area (Å²) in [6, 6.07) is 12.1. The number of benzene rings is 1. The summed E-state index contributed by atoms with van der Waals surface area (Å²) in [5.41, 5.74) is 8.80. The van der Waals surface area contributed by atoms with Crippen LogP contribution in [0.1, 0.15) is 30.9 Å². The molecule has 4 heteroatoms. The summed E-state index contributed by atoms with van der Waals surface area (Å²) >= 11 is 5.03. The molecule has 104 valence electrons. The molecule has 1 aromatic heterocycles. The van der Waals surface area contributed by atoms with Crippen LogP contribution in [0.3, 0.4) is 0 Å². The number of unbranched alkanes of at least 4 members (excludes halogenated alkanes) is 1. The number of rotatable bonds is 6. The third-order valence-electron chi connectivity index (χ3n) is 3.11. The molecule has 20 heavy (non-hydrogen) atoms. The number of hydrogen-bond acceptors (Lipinski definition) is 3. The fourth-order valence-corrected chi connectivity index (χ4v) is 2.14. The summed E-state index contributed by atoms with van der Waals surface area (Å²) in [7, 11) is 0. The average Bonchev–Trinajstić information content (AvgIpc) is 2.47. The van der Waals surface area contributed by atoms with E-state index in [9.17, 15) is 0 Å². The largest absolute Gasteiger partial charge is 0.389 e. The van der Waals surface area contributed by atoms with Crippen molar-refractivity contribution in [1.29, 1.82) is 0 Å². The van der Waals surface area contributed by atoms with E-state index in [0.29, 0.717) is 10.8 Å². The molecule has 0 amide bonds. The van der Waals surface area contributed by atoms with Crippen LogP contribution in [0.25, 0.3) is 0 Å². The Bertz CT molecular complexity index is 579. The van der Waals surface area contributed by atoms with E-state index in [2.05, 4.69) is 41.5 Å². The van der Waals surface area contributed by atoms with Crippen LogP contribution in [-0.2, 0) is 6.42 Å². The fraction of sp³-hybridized carbons (Fsp3) is 0.250. The number of nitrogens with one attached hydrogen (secondary N) is 1. The van der Waals surface area contributed by atoms with E-state index in [1.54, 1.807) is 6.20 Å². The van der Waals surface area contributed by atoms with Crippen LogP contribution in [0.2, 0.25) is 0 Å². The molecule has 0 radical (unpaired) electrons. The molecule has 2 rings (SSSR count). The van der Waals surface area contributed by atoms with E-state index in [1.807, 2.05) is 12.1 Å². The van der Waals surface area contributed by atoms with E-state index < -0.39 is 0 Å². The first-order valence-electron chi connectivity index (χ1n) is 6.81. The minimum atomic E-state index is 0.347. The lowest BCUT2D eigenvalue weighted by Gasteiger charge is -2.10. The van der Waals surface area contributed by atoms with E-state index in [-0.39, 0.29) is 0 Å². The topological polar surface area (TPSA) is 50.9 Å². The standard InChI is InChI=1S/C16H19N3S/c1-2-3-5-12-7-9-13(10-8-12)19-16-14(15(17)20)6-4-11-18-16/h4,6-11H,2-3,5H2,1H3,(H2,17,20)(H,18,19). The van der Waals surface area contributed by atoms with E-state index in [4.69, 9.17) is 18.0 Å². The molecule has 0 aliphatic heterocycles. The molecular formula is C16H19N3S. The maximum absolute atomic E-state index is 5.70. The van der Waals surface area contributed by atoms with Gasteiger partial charge in [0, 0.05) is 11.9 Å². The van der Waals surface area contributed by atoms with Gasteiger partial charge in [-0.1, -0.05) is 37.7 Å². The second-order valence-corrected chi connectivity index (χ2v) is 5.13. The summed E-state index contributed by atoms with van der Waals surface area (Å²) in [4.78, 5) is 4.64. The maximum Gasteiger partial charge on any atom is 0.140 e. The van der Waals surface area contributed by atoms with Gasteiger partial charge in [-0.15, -0.1) is 0 Å². The van der Waals surface area contributed by atoms with Gasteiger partial charge in [-0.2, -0.15) is 0 Å². The summed E-state index contributed by atoms with van der Waals surface area (Å²) < 4.78 is 0. The highest BCUT2D eigenvalue weighted by atomic mass is 32.1. The summed E-state index contributed by atoms with van der Waals surface area (Å²) in [5.74, 6) is 0.696. The van der Waals surface area contributed by atoms with Crippen molar-refractivity contribution in [1.82, 2.24) is 4.98 Å². The maximum atomic E-state index is 5.70. The monoisotopic (exact) mass is 285 g/mol. The van der Waals surface area contributed by atoms with E-state index in [1.165, 1.54) is 18.4 Å². The molecule has 1 heterocycles. The lowest BCUT2D eigenvalue weighted by Crippen LogP contribution is -2.12. The predicted octanol–water partition coefficient (Wildman–Crippen LogP) is 3.80. The van der Waals surface area contributed by atoms with Gasteiger partial charge in [-0.05, 0) is 42.7 Å². The molecule has 0 bridgehead atoms. The molecule has 0 aliphatic rings. The number of thiocarbonyl (C=S) groups is 1. The van der Waals surface area contributed by atoms with Crippen molar-refractivity contribution >= 4 is 28.7 Å². The lowest BCUT2D eigenvalue weighted by atomic mass is 10.1. The Balaban J connectivity index is 2.12. The summed E-state index contributed by atoms with van der Waals surface area (Å²) in [6.07, 6.45) is 5.28. The number of nitrogens with zero attached hydrogens (tertiary/aromatic N) is 1.